The van der Waals surface area contributed by atoms with Gasteiger partial charge in [0.2, 0.25) is 5.91 Å². The van der Waals surface area contributed by atoms with Crippen LogP contribution in [0.25, 0.3) is 5.69 Å². The molecule has 1 aromatic carbocycles. The molecular weight excluding hydrogens is 310 g/mol. The number of amides is 1. The van der Waals surface area contributed by atoms with Crippen molar-refractivity contribution in [1.82, 2.24) is 25.1 Å². The van der Waals surface area contributed by atoms with Gasteiger partial charge in [-0.05, 0) is 29.5 Å². The minimum absolute atomic E-state index is 0.160. The van der Waals surface area contributed by atoms with Crippen LogP contribution in [0.4, 0.5) is 0 Å². The third-order valence-corrected chi connectivity index (χ3v) is 3.16. The van der Waals surface area contributed by atoms with Crippen molar-refractivity contribution in [1.29, 1.82) is 0 Å². The van der Waals surface area contributed by atoms with Crippen LogP contribution in [0.1, 0.15) is 6.92 Å². The first-order valence-corrected chi connectivity index (χ1v) is 6.96. The van der Waals surface area contributed by atoms with Gasteiger partial charge in [-0.1, -0.05) is 23.7 Å². The number of nitrogens with zero attached hydrogens (tertiary/aromatic N) is 4. The van der Waals surface area contributed by atoms with Crippen LogP contribution in [0.5, 0.6) is 0 Å². The zero-order valence-corrected chi connectivity index (χ0v) is 12.9. The van der Waals surface area contributed by atoms with Gasteiger partial charge < -0.3 is 10.1 Å². The van der Waals surface area contributed by atoms with Crippen LogP contribution in [0.3, 0.4) is 0 Å². The minimum Gasteiger partial charge on any atom is -0.383 e. The second-order valence-corrected chi connectivity index (χ2v) is 5.11. The Kier molecular flexibility index (Phi) is 5.29. The van der Waals surface area contributed by atoms with Crippen LogP contribution in [-0.2, 0) is 16.1 Å². The highest BCUT2D eigenvalue weighted by molar-refractivity contribution is 6.32. The van der Waals surface area contributed by atoms with Crippen molar-refractivity contribution < 1.29 is 9.53 Å². The maximum atomic E-state index is 12.2. The van der Waals surface area contributed by atoms with E-state index < -0.39 is 5.69 Å². The molecule has 2 rings (SSSR count). The van der Waals surface area contributed by atoms with Gasteiger partial charge in [0.25, 0.3) is 0 Å². The molecule has 1 aromatic heterocycles. The molecule has 9 heteroatoms. The Bertz CT molecular complexity index is 712. The summed E-state index contributed by atoms with van der Waals surface area (Å²) in [5, 5.41) is 10.5. The summed E-state index contributed by atoms with van der Waals surface area (Å²) in [6.45, 7) is 1.95. The average Bonchev–Trinajstić information content (AvgIpc) is 2.81. The lowest BCUT2D eigenvalue weighted by Crippen LogP contribution is -2.39. The summed E-state index contributed by atoms with van der Waals surface area (Å²) < 4.78 is 6.94. The number of rotatable bonds is 6. The van der Waals surface area contributed by atoms with Gasteiger partial charge in [-0.2, -0.15) is 9.36 Å². The van der Waals surface area contributed by atoms with E-state index in [0.717, 1.165) is 9.36 Å². The maximum absolute atomic E-state index is 12.2. The Labute approximate surface area is 131 Å². The van der Waals surface area contributed by atoms with Gasteiger partial charge >= 0.3 is 5.69 Å². The van der Waals surface area contributed by atoms with E-state index in [4.69, 9.17) is 16.3 Å². The molecule has 0 bridgehead atoms. The Morgan fingerprint density at radius 3 is 2.82 bits per heavy atom. The van der Waals surface area contributed by atoms with Gasteiger partial charge in [-0.15, -0.1) is 0 Å². The summed E-state index contributed by atoms with van der Waals surface area (Å²) in [4.78, 5) is 24.0. The quantitative estimate of drug-likeness (QED) is 0.821. The number of carbonyl (C=O) groups excluding carboxylic acids is 1. The summed E-state index contributed by atoms with van der Waals surface area (Å²) in [6.07, 6.45) is 0. The fourth-order valence-electron chi connectivity index (χ4n) is 1.90. The van der Waals surface area contributed by atoms with Gasteiger partial charge in [-0.25, -0.2) is 4.79 Å². The highest BCUT2D eigenvalue weighted by atomic mass is 35.5. The van der Waals surface area contributed by atoms with Crippen LogP contribution < -0.4 is 11.0 Å². The van der Waals surface area contributed by atoms with Gasteiger partial charge in [0.15, 0.2) is 0 Å². The zero-order chi connectivity index (χ0) is 16.1. The van der Waals surface area contributed by atoms with Crippen LogP contribution >= 0.6 is 11.6 Å². The van der Waals surface area contributed by atoms with E-state index >= 15 is 0 Å². The molecule has 0 aliphatic rings. The molecule has 0 aliphatic carbocycles. The Morgan fingerprint density at radius 2 is 2.14 bits per heavy atom. The van der Waals surface area contributed by atoms with Crippen molar-refractivity contribution in [2.24, 2.45) is 0 Å². The summed E-state index contributed by atoms with van der Waals surface area (Å²) in [5.41, 5.74) is -0.128. The lowest BCUT2D eigenvalue weighted by Gasteiger charge is -2.11. The molecule has 118 valence electrons. The first kappa shape index (κ1) is 16.2. The molecule has 0 radical (unpaired) electrons. The van der Waals surface area contributed by atoms with E-state index in [0.29, 0.717) is 17.3 Å². The first-order chi connectivity index (χ1) is 10.5. The zero-order valence-electron chi connectivity index (χ0n) is 12.2. The number of hydrogen-bond donors (Lipinski definition) is 1. The van der Waals surface area contributed by atoms with Gasteiger partial charge in [0.1, 0.15) is 6.54 Å². The molecule has 1 heterocycles. The molecule has 1 N–H and O–H groups in total. The van der Waals surface area contributed by atoms with Crippen molar-refractivity contribution in [2.45, 2.75) is 19.5 Å². The summed E-state index contributed by atoms with van der Waals surface area (Å²) >= 11 is 6.02. The van der Waals surface area contributed by atoms with E-state index in [9.17, 15) is 9.59 Å². The van der Waals surface area contributed by atoms with E-state index in [1.165, 1.54) is 0 Å². The Morgan fingerprint density at radius 1 is 1.41 bits per heavy atom. The van der Waals surface area contributed by atoms with E-state index in [2.05, 4.69) is 15.7 Å². The number of halogens is 1. The highest BCUT2D eigenvalue weighted by Gasteiger charge is 2.15. The number of benzene rings is 1. The van der Waals surface area contributed by atoms with Crippen molar-refractivity contribution in [3.05, 3.63) is 39.8 Å². The predicted molar refractivity (Wildman–Crippen MR) is 80.1 cm³/mol. The van der Waals surface area contributed by atoms with Crippen molar-refractivity contribution >= 4 is 17.5 Å². The Balaban J connectivity index is 2.14. The summed E-state index contributed by atoms with van der Waals surface area (Å²) in [7, 11) is 1.54. The maximum Gasteiger partial charge on any atom is 0.369 e. The number of carbonyl (C=O) groups is 1. The molecule has 0 aliphatic heterocycles. The number of ether oxygens (including phenoxy) is 1. The van der Waals surface area contributed by atoms with Crippen molar-refractivity contribution in [3.63, 3.8) is 0 Å². The van der Waals surface area contributed by atoms with Gasteiger partial charge in [-0.3, -0.25) is 4.79 Å². The van der Waals surface area contributed by atoms with Crippen molar-refractivity contribution in [2.75, 3.05) is 13.7 Å². The molecule has 2 aromatic rings. The van der Waals surface area contributed by atoms with Gasteiger partial charge in [0.05, 0.1) is 17.3 Å². The fraction of sp³-hybridized carbons (Fsp3) is 0.385. The van der Waals surface area contributed by atoms with E-state index in [1.807, 2.05) is 0 Å². The molecule has 0 saturated heterocycles. The average molecular weight is 326 g/mol. The van der Waals surface area contributed by atoms with Gasteiger partial charge in [0, 0.05) is 13.2 Å². The molecule has 1 atom stereocenters. The highest BCUT2D eigenvalue weighted by Crippen LogP contribution is 2.16. The lowest BCUT2D eigenvalue weighted by molar-refractivity contribution is -0.122. The summed E-state index contributed by atoms with van der Waals surface area (Å²) in [6, 6.07) is 6.59. The van der Waals surface area contributed by atoms with Crippen molar-refractivity contribution in [3.8, 4) is 5.69 Å². The molecule has 22 heavy (non-hydrogen) atoms. The first-order valence-electron chi connectivity index (χ1n) is 6.59. The number of methoxy groups -OCH3 is 1. The molecule has 0 fully saturated rings. The molecule has 1 amide bonds. The molecule has 0 unspecified atom stereocenters. The predicted octanol–water partition coefficient (Wildman–Crippen LogP) is 0.234. The monoisotopic (exact) mass is 325 g/mol. The van der Waals surface area contributed by atoms with E-state index in [-0.39, 0.29) is 18.5 Å². The van der Waals surface area contributed by atoms with Crippen LogP contribution in [0.15, 0.2) is 29.1 Å². The molecule has 0 spiro atoms. The van der Waals surface area contributed by atoms with Crippen LogP contribution in [-0.4, -0.2) is 45.5 Å². The third-order valence-electron chi connectivity index (χ3n) is 2.84. The number of para-hydroxylation sites is 1. The SMILES string of the molecule is COC[C@@H](C)NC(=O)Cn1nnn(-c2ccccc2Cl)c1=O. The Hall–Kier alpha value is -2.19. The smallest absolute Gasteiger partial charge is 0.369 e. The molecule has 8 nitrogen and oxygen atoms in total. The number of aromatic nitrogens is 4. The van der Waals surface area contributed by atoms with Crippen LogP contribution in [0.2, 0.25) is 5.02 Å². The topological polar surface area (TPSA) is 91.0 Å². The molecule has 0 saturated carbocycles. The third kappa shape index (κ3) is 3.71. The van der Waals surface area contributed by atoms with E-state index in [1.54, 1.807) is 38.3 Å². The fourth-order valence-corrected chi connectivity index (χ4v) is 2.11. The second kappa shape index (κ2) is 7.19. The number of nitrogens with one attached hydrogen (secondary N) is 1. The standard InChI is InChI=1S/C13H16ClN5O3/c1-9(8-22-2)15-12(20)7-18-13(21)19(17-16-18)11-6-4-3-5-10(11)14/h3-6,9H,7-8H2,1-2H3,(H,15,20)/t9-/m1/s1. The number of tetrazole rings is 1. The second-order valence-electron chi connectivity index (χ2n) is 4.71. The summed E-state index contributed by atoms with van der Waals surface area (Å²) in [5.74, 6) is -0.349. The number of hydrogen-bond acceptors (Lipinski definition) is 5. The minimum atomic E-state index is -0.539. The van der Waals surface area contributed by atoms with Crippen LogP contribution in [0, 0.1) is 0 Å². The lowest BCUT2D eigenvalue weighted by atomic mass is 10.3. The largest absolute Gasteiger partial charge is 0.383 e. The normalized spacial score (nSPS) is 12.1. The molecular formula is C13H16ClN5O3.